The van der Waals surface area contributed by atoms with Crippen molar-refractivity contribution >= 4 is 10.2 Å². The molecule has 3 N–H and O–H groups in total. The van der Waals surface area contributed by atoms with Crippen molar-refractivity contribution in [2.45, 2.75) is 26.2 Å². The summed E-state index contributed by atoms with van der Waals surface area (Å²) in [5.74, 6) is 0. The lowest BCUT2D eigenvalue weighted by Gasteiger charge is -2.16. The van der Waals surface area contributed by atoms with Gasteiger partial charge < -0.3 is 5.73 Å². The van der Waals surface area contributed by atoms with Crippen LogP contribution in [0.5, 0.6) is 0 Å². The standard InChI is InChI=1S/C8H21N3O2S/c1-3-4-7-10-14(12,13)11(2)8-5-6-9/h10H,3-9H2,1-2H3. The molecule has 0 aromatic carbocycles. The minimum Gasteiger partial charge on any atom is -0.330 e. The van der Waals surface area contributed by atoms with E-state index in [1.165, 1.54) is 4.31 Å². The smallest absolute Gasteiger partial charge is 0.279 e. The molecule has 0 amide bonds. The Kier molecular flexibility index (Phi) is 7.08. The average molecular weight is 223 g/mol. The monoisotopic (exact) mass is 223 g/mol. The van der Waals surface area contributed by atoms with E-state index < -0.39 is 10.2 Å². The summed E-state index contributed by atoms with van der Waals surface area (Å²) in [6.07, 6.45) is 2.53. The molecule has 0 aliphatic rings. The Labute approximate surface area is 86.8 Å². The van der Waals surface area contributed by atoms with E-state index in [2.05, 4.69) is 4.72 Å². The van der Waals surface area contributed by atoms with Crippen LogP contribution in [0.4, 0.5) is 0 Å². The highest BCUT2D eigenvalue weighted by Crippen LogP contribution is 1.95. The zero-order valence-electron chi connectivity index (χ0n) is 8.99. The summed E-state index contributed by atoms with van der Waals surface area (Å²) >= 11 is 0. The molecule has 86 valence electrons. The van der Waals surface area contributed by atoms with Crippen molar-refractivity contribution < 1.29 is 8.42 Å². The maximum atomic E-state index is 11.5. The van der Waals surface area contributed by atoms with Crippen LogP contribution in [0.15, 0.2) is 0 Å². The zero-order chi connectivity index (χ0) is 11.0. The molecule has 6 heteroatoms. The summed E-state index contributed by atoms with van der Waals surface area (Å²) in [5, 5.41) is 0. The second kappa shape index (κ2) is 7.17. The first-order chi connectivity index (χ1) is 6.54. The normalized spacial score (nSPS) is 12.3. The number of rotatable bonds is 8. The first-order valence-corrected chi connectivity index (χ1v) is 6.39. The van der Waals surface area contributed by atoms with Gasteiger partial charge in [-0.15, -0.1) is 0 Å². The average Bonchev–Trinajstić information content (AvgIpc) is 2.14. The van der Waals surface area contributed by atoms with Gasteiger partial charge in [-0.25, -0.2) is 4.72 Å². The molecule has 0 aliphatic carbocycles. The Balaban J connectivity index is 3.91. The van der Waals surface area contributed by atoms with Crippen LogP contribution in [-0.2, 0) is 10.2 Å². The van der Waals surface area contributed by atoms with Crippen LogP contribution in [0.3, 0.4) is 0 Å². The van der Waals surface area contributed by atoms with Gasteiger partial charge in [0.2, 0.25) is 0 Å². The van der Waals surface area contributed by atoms with E-state index in [1.807, 2.05) is 6.92 Å². The largest absolute Gasteiger partial charge is 0.330 e. The number of nitrogens with one attached hydrogen (secondary N) is 1. The van der Waals surface area contributed by atoms with E-state index in [9.17, 15) is 8.42 Å². The molecule has 0 rings (SSSR count). The summed E-state index contributed by atoms with van der Waals surface area (Å²) in [7, 11) is -1.72. The van der Waals surface area contributed by atoms with E-state index in [4.69, 9.17) is 5.73 Å². The molecule has 0 spiro atoms. The van der Waals surface area contributed by atoms with Gasteiger partial charge in [0, 0.05) is 20.1 Å². The first kappa shape index (κ1) is 13.8. The Morgan fingerprint density at radius 3 is 2.50 bits per heavy atom. The Morgan fingerprint density at radius 2 is 2.00 bits per heavy atom. The number of hydrogen-bond donors (Lipinski definition) is 2. The topological polar surface area (TPSA) is 75.4 Å². The van der Waals surface area contributed by atoms with Crippen LogP contribution in [0.1, 0.15) is 26.2 Å². The van der Waals surface area contributed by atoms with Crippen molar-refractivity contribution in [2.24, 2.45) is 5.73 Å². The third-order valence-corrected chi connectivity index (χ3v) is 3.47. The molecule has 0 heterocycles. The maximum absolute atomic E-state index is 11.5. The molecule has 0 atom stereocenters. The number of hydrogen-bond acceptors (Lipinski definition) is 3. The first-order valence-electron chi connectivity index (χ1n) is 4.95. The lowest BCUT2D eigenvalue weighted by molar-refractivity contribution is 0.452. The highest BCUT2D eigenvalue weighted by atomic mass is 32.2. The molecule has 0 bridgehead atoms. The predicted octanol–water partition coefficient (Wildman–Crippen LogP) is -0.0985. The van der Waals surface area contributed by atoms with Crippen molar-refractivity contribution in [2.75, 3.05) is 26.7 Å². The van der Waals surface area contributed by atoms with Crippen LogP contribution >= 0.6 is 0 Å². The fourth-order valence-electron chi connectivity index (χ4n) is 0.922. The number of nitrogens with two attached hydrogens (primary N) is 1. The lowest BCUT2D eigenvalue weighted by atomic mass is 10.3. The third-order valence-electron chi connectivity index (χ3n) is 1.90. The molecule has 0 aromatic rings. The molecule has 0 aromatic heterocycles. The van der Waals surface area contributed by atoms with Crippen molar-refractivity contribution in [3.63, 3.8) is 0 Å². The third kappa shape index (κ3) is 5.54. The van der Waals surface area contributed by atoms with Crippen molar-refractivity contribution in [3.05, 3.63) is 0 Å². The van der Waals surface area contributed by atoms with Crippen LogP contribution < -0.4 is 10.5 Å². The molecule has 5 nitrogen and oxygen atoms in total. The summed E-state index contributed by atoms with van der Waals surface area (Å²) < 4.78 is 26.8. The summed E-state index contributed by atoms with van der Waals surface area (Å²) in [4.78, 5) is 0. The van der Waals surface area contributed by atoms with Crippen LogP contribution in [0.25, 0.3) is 0 Å². The van der Waals surface area contributed by atoms with Crippen LogP contribution in [0.2, 0.25) is 0 Å². The van der Waals surface area contributed by atoms with Gasteiger partial charge in [-0.2, -0.15) is 12.7 Å². The SMILES string of the molecule is CCCCNS(=O)(=O)N(C)CCCN. The summed E-state index contributed by atoms with van der Waals surface area (Å²) in [6, 6.07) is 0. The molecular formula is C8H21N3O2S. The summed E-state index contributed by atoms with van der Waals surface area (Å²) in [6.45, 7) is 3.50. The Morgan fingerprint density at radius 1 is 1.36 bits per heavy atom. The van der Waals surface area contributed by atoms with Gasteiger partial charge in [-0.3, -0.25) is 0 Å². The van der Waals surface area contributed by atoms with Crippen molar-refractivity contribution in [1.82, 2.24) is 9.03 Å². The Hall–Kier alpha value is -0.170. The van der Waals surface area contributed by atoms with Crippen molar-refractivity contribution in [3.8, 4) is 0 Å². The van der Waals surface area contributed by atoms with Gasteiger partial charge >= 0.3 is 0 Å². The van der Waals surface area contributed by atoms with Crippen molar-refractivity contribution in [1.29, 1.82) is 0 Å². The fourth-order valence-corrected chi connectivity index (χ4v) is 1.91. The van der Waals surface area contributed by atoms with E-state index >= 15 is 0 Å². The number of unbranched alkanes of at least 4 members (excludes halogenated alkanes) is 1. The summed E-state index contributed by atoms with van der Waals surface area (Å²) in [5.41, 5.74) is 5.30. The van der Waals surface area contributed by atoms with Crippen LogP contribution in [0, 0.1) is 0 Å². The second-order valence-electron chi connectivity index (χ2n) is 3.22. The minimum absolute atomic E-state index is 0.470. The predicted molar refractivity (Wildman–Crippen MR) is 58.1 cm³/mol. The Bertz CT molecular complexity index is 229. The zero-order valence-corrected chi connectivity index (χ0v) is 9.81. The van der Waals surface area contributed by atoms with E-state index in [0.717, 1.165) is 12.8 Å². The molecule has 0 fully saturated rings. The van der Waals surface area contributed by atoms with Gasteiger partial charge in [0.1, 0.15) is 0 Å². The highest BCUT2D eigenvalue weighted by molar-refractivity contribution is 7.87. The van der Waals surface area contributed by atoms with Crippen LogP contribution in [-0.4, -0.2) is 39.4 Å². The molecule has 0 aliphatic heterocycles. The van der Waals surface area contributed by atoms with Gasteiger partial charge in [0.05, 0.1) is 0 Å². The lowest BCUT2D eigenvalue weighted by Crippen LogP contribution is -2.39. The van der Waals surface area contributed by atoms with Gasteiger partial charge in [0.25, 0.3) is 10.2 Å². The molecule has 0 saturated carbocycles. The fraction of sp³-hybridized carbons (Fsp3) is 1.00. The molecule has 14 heavy (non-hydrogen) atoms. The second-order valence-corrected chi connectivity index (χ2v) is 5.08. The van der Waals surface area contributed by atoms with Gasteiger partial charge in [-0.1, -0.05) is 13.3 Å². The van der Waals surface area contributed by atoms with Gasteiger partial charge in [-0.05, 0) is 19.4 Å². The van der Waals surface area contributed by atoms with E-state index in [1.54, 1.807) is 7.05 Å². The quantitative estimate of drug-likeness (QED) is 0.564. The minimum atomic E-state index is -3.28. The maximum Gasteiger partial charge on any atom is 0.279 e. The molecular weight excluding hydrogens is 202 g/mol. The number of nitrogens with zero attached hydrogens (tertiary/aromatic N) is 1. The van der Waals surface area contributed by atoms with E-state index in [0.29, 0.717) is 26.1 Å². The van der Waals surface area contributed by atoms with Gasteiger partial charge in [0.15, 0.2) is 0 Å². The molecule has 0 saturated heterocycles. The molecule has 0 radical (unpaired) electrons. The molecule has 0 unspecified atom stereocenters. The highest BCUT2D eigenvalue weighted by Gasteiger charge is 2.15. The van der Waals surface area contributed by atoms with E-state index in [-0.39, 0.29) is 0 Å².